The van der Waals surface area contributed by atoms with Gasteiger partial charge in [0.05, 0.1) is 5.69 Å². The van der Waals surface area contributed by atoms with Crippen molar-refractivity contribution in [3.8, 4) is 5.75 Å². The fourth-order valence-electron chi connectivity index (χ4n) is 3.98. The maximum atomic E-state index is 13.3. The number of anilines is 1. The number of hydrogen-bond acceptors (Lipinski definition) is 7. The molecule has 0 unspecified atom stereocenters. The zero-order valence-electron chi connectivity index (χ0n) is 22.0. The normalized spacial score (nSPS) is 11.6. The summed E-state index contributed by atoms with van der Waals surface area (Å²) in [6.07, 6.45) is 0.285. The van der Waals surface area contributed by atoms with E-state index < -0.39 is 21.9 Å². The highest BCUT2D eigenvalue weighted by atomic mass is 32.2. The van der Waals surface area contributed by atoms with Crippen molar-refractivity contribution >= 4 is 33.0 Å². The molecule has 0 radical (unpaired) electrons. The Bertz CT molecular complexity index is 1450. The molecule has 0 aliphatic heterocycles. The molecule has 11 heteroatoms. The summed E-state index contributed by atoms with van der Waals surface area (Å²) in [6.45, 7) is 5.22. The lowest BCUT2D eigenvalue weighted by atomic mass is 9.93. The molecule has 1 amide bonds. The van der Waals surface area contributed by atoms with Crippen LogP contribution in [0.3, 0.4) is 0 Å². The van der Waals surface area contributed by atoms with Crippen molar-refractivity contribution in [2.24, 2.45) is 0 Å². The van der Waals surface area contributed by atoms with Crippen LogP contribution in [0, 0.1) is 0 Å². The van der Waals surface area contributed by atoms with Gasteiger partial charge >= 0.3 is 11.7 Å². The van der Waals surface area contributed by atoms with Crippen LogP contribution in [0.25, 0.3) is 11.0 Å². The van der Waals surface area contributed by atoms with E-state index in [-0.39, 0.29) is 12.2 Å². The molecule has 1 aromatic heterocycles. The van der Waals surface area contributed by atoms with E-state index in [0.717, 1.165) is 28.6 Å². The Kier molecular flexibility index (Phi) is 8.95. The lowest BCUT2D eigenvalue weighted by Gasteiger charge is -2.20. The number of nitrogens with one attached hydrogen (secondary N) is 2. The van der Waals surface area contributed by atoms with Gasteiger partial charge in [0, 0.05) is 51.1 Å². The second-order valence-electron chi connectivity index (χ2n) is 8.88. The number of amides is 1. The quantitative estimate of drug-likeness (QED) is 0.386. The van der Waals surface area contributed by atoms with Crippen LogP contribution in [0.2, 0.25) is 0 Å². The van der Waals surface area contributed by atoms with Crippen molar-refractivity contribution in [3.63, 3.8) is 0 Å². The second kappa shape index (κ2) is 11.8. The molecule has 0 bridgehead atoms. The third kappa shape index (κ3) is 6.68. The summed E-state index contributed by atoms with van der Waals surface area (Å²) in [6, 6.07) is 10.3. The zero-order chi connectivity index (χ0) is 27.3. The summed E-state index contributed by atoms with van der Waals surface area (Å²) in [7, 11) is 2.75. The van der Waals surface area contributed by atoms with Crippen molar-refractivity contribution in [2.75, 3.05) is 39.5 Å². The lowest BCUT2D eigenvalue weighted by molar-refractivity contribution is 0.172. The monoisotopic (exact) mass is 530 g/mol. The summed E-state index contributed by atoms with van der Waals surface area (Å²) in [5, 5.41) is 0.740. The van der Waals surface area contributed by atoms with Crippen molar-refractivity contribution in [2.45, 2.75) is 33.2 Å². The number of hydrogen-bond donors (Lipinski definition) is 2. The van der Waals surface area contributed by atoms with E-state index in [1.54, 1.807) is 44.4 Å². The van der Waals surface area contributed by atoms with E-state index >= 15 is 0 Å². The Balaban J connectivity index is 2.14. The molecular formula is C26H34N4O6S. The second-order valence-corrected chi connectivity index (χ2v) is 10.5. The van der Waals surface area contributed by atoms with Crippen LogP contribution in [0.1, 0.15) is 36.1 Å². The van der Waals surface area contributed by atoms with Crippen LogP contribution < -0.4 is 19.8 Å². The minimum atomic E-state index is -3.70. The Labute approximate surface area is 217 Å². The summed E-state index contributed by atoms with van der Waals surface area (Å²) in [5.74, 6) is 0.273. The molecular weight excluding hydrogens is 496 g/mol. The molecule has 2 aromatic carbocycles. The van der Waals surface area contributed by atoms with Crippen molar-refractivity contribution in [1.82, 2.24) is 14.5 Å². The standard InChI is InChI=1S/C26H34N4O6S/c1-7-19-17(10-9-11-23(19)28-37(33,34)27-3)14-21-22(16-30(6)8-2)20-13-12-18(35-26(32)29(4)5)15-24(20)36-25(21)31/h9-13,15,27-28H,7-8,14,16H2,1-6H3. The Morgan fingerprint density at radius 2 is 1.78 bits per heavy atom. The van der Waals surface area contributed by atoms with Crippen LogP contribution >= 0.6 is 0 Å². The molecule has 10 nitrogen and oxygen atoms in total. The van der Waals surface area contributed by atoms with Crippen molar-refractivity contribution in [3.05, 3.63) is 69.1 Å². The summed E-state index contributed by atoms with van der Waals surface area (Å²) in [4.78, 5) is 28.7. The summed E-state index contributed by atoms with van der Waals surface area (Å²) >= 11 is 0. The van der Waals surface area contributed by atoms with Gasteiger partial charge in [-0.2, -0.15) is 8.42 Å². The van der Waals surface area contributed by atoms with Gasteiger partial charge in [0.2, 0.25) is 0 Å². The maximum absolute atomic E-state index is 13.3. The third-order valence-corrected chi connectivity index (χ3v) is 7.16. The minimum Gasteiger partial charge on any atom is -0.422 e. The molecule has 0 spiro atoms. The molecule has 0 saturated heterocycles. The molecule has 200 valence electrons. The molecule has 2 N–H and O–H groups in total. The largest absolute Gasteiger partial charge is 0.422 e. The Hall–Kier alpha value is -3.41. The van der Waals surface area contributed by atoms with Gasteiger partial charge in [-0.3, -0.25) is 4.72 Å². The van der Waals surface area contributed by atoms with E-state index in [2.05, 4.69) is 14.3 Å². The molecule has 37 heavy (non-hydrogen) atoms. The Morgan fingerprint density at radius 1 is 1.05 bits per heavy atom. The average molecular weight is 531 g/mol. The first-order valence-corrected chi connectivity index (χ1v) is 13.5. The molecule has 0 atom stereocenters. The number of nitrogens with zero attached hydrogens (tertiary/aromatic N) is 2. The molecule has 0 aliphatic carbocycles. The molecule has 3 rings (SSSR count). The topological polar surface area (TPSA) is 121 Å². The van der Waals surface area contributed by atoms with Crippen LogP contribution in [0.4, 0.5) is 10.5 Å². The van der Waals surface area contributed by atoms with E-state index in [4.69, 9.17) is 9.15 Å². The van der Waals surface area contributed by atoms with Crippen LogP contribution in [-0.4, -0.2) is 59.0 Å². The lowest BCUT2D eigenvalue weighted by Crippen LogP contribution is -2.27. The van der Waals surface area contributed by atoms with Crippen LogP contribution in [-0.2, 0) is 29.6 Å². The first kappa shape index (κ1) is 28.2. The van der Waals surface area contributed by atoms with E-state index in [1.165, 1.54) is 11.9 Å². The van der Waals surface area contributed by atoms with E-state index in [0.29, 0.717) is 29.8 Å². The van der Waals surface area contributed by atoms with Gasteiger partial charge in [-0.1, -0.05) is 26.0 Å². The number of carbonyl (C=O) groups is 1. The van der Waals surface area contributed by atoms with Gasteiger partial charge in [0.25, 0.3) is 10.2 Å². The number of carbonyl (C=O) groups excluding carboxylic acids is 1. The number of benzene rings is 2. The third-order valence-electron chi connectivity index (χ3n) is 6.14. The number of ether oxygens (including phenoxy) is 1. The predicted molar refractivity (Wildman–Crippen MR) is 144 cm³/mol. The zero-order valence-corrected chi connectivity index (χ0v) is 22.9. The van der Waals surface area contributed by atoms with Gasteiger partial charge in [0.1, 0.15) is 11.3 Å². The minimum absolute atomic E-state index is 0.265. The van der Waals surface area contributed by atoms with E-state index in [1.807, 2.05) is 27.0 Å². The fraction of sp³-hybridized carbons (Fsp3) is 0.385. The first-order valence-electron chi connectivity index (χ1n) is 12.0. The Morgan fingerprint density at radius 3 is 2.41 bits per heavy atom. The first-order chi connectivity index (χ1) is 17.5. The van der Waals surface area contributed by atoms with Gasteiger partial charge in [-0.15, -0.1) is 0 Å². The van der Waals surface area contributed by atoms with Gasteiger partial charge in [0.15, 0.2) is 0 Å². The molecule has 0 saturated carbocycles. The summed E-state index contributed by atoms with van der Waals surface area (Å²) in [5.41, 5.74) is 3.21. The fourth-order valence-corrected chi connectivity index (χ4v) is 4.56. The molecule has 0 fully saturated rings. The molecule has 0 aliphatic rings. The average Bonchev–Trinajstić information content (AvgIpc) is 2.85. The highest BCUT2D eigenvalue weighted by Crippen LogP contribution is 2.29. The number of rotatable bonds is 10. The SMILES string of the molecule is CCc1c(Cc2c(CN(C)CC)c3ccc(OC(=O)N(C)C)cc3oc2=O)cccc1NS(=O)(=O)NC. The maximum Gasteiger partial charge on any atom is 0.414 e. The number of fused-ring (bicyclic) bond motifs is 1. The molecule has 3 aromatic rings. The highest BCUT2D eigenvalue weighted by molar-refractivity contribution is 7.90. The van der Waals surface area contributed by atoms with Crippen molar-refractivity contribution in [1.29, 1.82) is 0 Å². The van der Waals surface area contributed by atoms with Gasteiger partial charge < -0.3 is 19.0 Å². The highest BCUT2D eigenvalue weighted by Gasteiger charge is 2.20. The smallest absolute Gasteiger partial charge is 0.414 e. The van der Waals surface area contributed by atoms with Gasteiger partial charge in [-0.25, -0.2) is 14.3 Å². The van der Waals surface area contributed by atoms with Gasteiger partial charge in [-0.05, 0) is 54.9 Å². The predicted octanol–water partition coefficient (Wildman–Crippen LogP) is 3.33. The molecule has 1 heterocycles. The van der Waals surface area contributed by atoms with Crippen LogP contribution in [0.15, 0.2) is 45.6 Å². The van der Waals surface area contributed by atoms with Crippen molar-refractivity contribution < 1.29 is 22.4 Å². The summed E-state index contributed by atoms with van der Waals surface area (Å²) < 4.78 is 40.1. The van der Waals surface area contributed by atoms with E-state index in [9.17, 15) is 18.0 Å². The van der Waals surface area contributed by atoms with Crippen LogP contribution in [0.5, 0.6) is 5.75 Å².